The molecule has 6 aromatic heterocycles. The van der Waals surface area contributed by atoms with Crippen molar-refractivity contribution in [1.82, 2.24) is 27.4 Å². The number of hydrogen-bond donors (Lipinski definition) is 0. The van der Waals surface area contributed by atoms with Crippen LogP contribution in [0.4, 0.5) is 0 Å². The summed E-state index contributed by atoms with van der Waals surface area (Å²) in [6.07, 6.45) is 0. The lowest BCUT2D eigenvalue weighted by Gasteiger charge is -2.14. The topological polar surface area (TPSA) is 29.6 Å². The van der Waals surface area contributed by atoms with Crippen molar-refractivity contribution in [3.63, 3.8) is 0 Å². The molecule has 22 rings (SSSR count). The van der Waals surface area contributed by atoms with Crippen molar-refractivity contribution in [2.45, 2.75) is 0 Å². The maximum Gasteiger partial charge on any atom is 0.0782 e. The smallest absolute Gasteiger partial charge is 0.0782 e. The van der Waals surface area contributed by atoms with E-state index in [2.05, 4.69) is 404 Å². The van der Waals surface area contributed by atoms with Crippen molar-refractivity contribution < 1.29 is 0 Å². The normalized spacial score (nSPS) is 11.9. The van der Waals surface area contributed by atoms with Crippen molar-refractivity contribution in [2.75, 3.05) is 0 Å². The van der Waals surface area contributed by atoms with E-state index < -0.39 is 0 Å². The van der Waals surface area contributed by atoms with Gasteiger partial charge in [-0.15, -0.1) is 0 Å². The summed E-state index contributed by atoms with van der Waals surface area (Å²) < 4.78 is 14.4. The third-order valence-electron chi connectivity index (χ3n) is 21.2. The fourth-order valence-electron chi connectivity index (χ4n) is 16.8. The SMILES string of the molecule is c1ccc(-n2c3ccccc3c3cc(-c4ccc5c(c4)c4ccccc4n5-c4ccc5c(c4)c4ccccc4n5-c4ccccc4)ccc32)cc1.c1ccc(-n2c3ccccc3c3cc(-c4ccc5c(c4)c4ccccc4n5-c4cccc5c6ccccc6n(-c6ccccc6)c45)ccc32)cc1. The van der Waals surface area contributed by atoms with Crippen LogP contribution in [-0.2, 0) is 0 Å². The molecule has 476 valence electrons. The Labute approximate surface area is 587 Å². The summed E-state index contributed by atoms with van der Waals surface area (Å²) in [6, 6.07) is 137. The number of hydrogen-bond acceptors (Lipinski definition) is 0. The van der Waals surface area contributed by atoms with Crippen LogP contribution in [0.2, 0.25) is 0 Å². The first kappa shape index (κ1) is 57.4. The van der Waals surface area contributed by atoms with E-state index in [-0.39, 0.29) is 0 Å². The number of nitrogens with zero attached hydrogens (tertiary/aromatic N) is 6. The van der Waals surface area contributed by atoms with Gasteiger partial charge >= 0.3 is 0 Å². The summed E-state index contributed by atoms with van der Waals surface area (Å²) in [5.41, 5.74) is 26.4. The highest BCUT2D eigenvalue weighted by molar-refractivity contribution is 6.18. The number of benzene rings is 16. The van der Waals surface area contributed by atoms with Crippen LogP contribution in [0.1, 0.15) is 0 Å². The van der Waals surface area contributed by atoms with Crippen molar-refractivity contribution in [3.05, 3.63) is 376 Å². The molecule has 0 fully saturated rings. The monoisotopic (exact) mass is 1300 g/mol. The van der Waals surface area contributed by atoms with E-state index in [1.807, 2.05) is 0 Å². The Morgan fingerprint density at radius 1 is 0.127 bits per heavy atom. The van der Waals surface area contributed by atoms with Crippen molar-refractivity contribution in [1.29, 1.82) is 0 Å². The van der Waals surface area contributed by atoms with E-state index in [4.69, 9.17) is 0 Å². The van der Waals surface area contributed by atoms with E-state index >= 15 is 0 Å². The summed E-state index contributed by atoms with van der Waals surface area (Å²) in [6.45, 7) is 0. The van der Waals surface area contributed by atoms with Gasteiger partial charge in [-0.25, -0.2) is 0 Å². The van der Waals surface area contributed by atoms with Crippen molar-refractivity contribution in [3.8, 4) is 56.4 Å². The molecular weight excluding hydrogens is 1240 g/mol. The molecule has 0 N–H and O–H groups in total. The van der Waals surface area contributed by atoms with Crippen LogP contribution >= 0.6 is 0 Å². The van der Waals surface area contributed by atoms with Gasteiger partial charge in [0.1, 0.15) is 0 Å². The minimum Gasteiger partial charge on any atom is -0.309 e. The molecule has 0 atom stereocenters. The first-order chi connectivity index (χ1) is 50.6. The van der Waals surface area contributed by atoms with Gasteiger partial charge in [0, 0.05) is 93.1 Å². The summed E-state index contributed by atoms with van der Waals surface area (Å²) >= 11 is 0. The van der Waals surface area contributed by atoms with Crippen molar-refractivity contribution >= 4 is 131 Å². The van der Waals surface area contributed by atoms with Crippen LogP contribution in [0.25, 0.3) is 187 Å². The molecule has 0 radical (unpaired) electrons. The van der Waals surface area contributed by atoms with Crippen LogP contribution in [0.3, 0.4) is 0 Å². The van der Waals surface area contributed by atoms with Crippen molar-refractivity contribution in [2.24, 2.45) is 0 Å². The zero-order valence-corrected chi connectivity index (χ0v) is 55.5. The second-order valence-corrected chi connectivity index (χ2v) is 26.8. The van der Waals surface area contributed by atoms with Gasteiger partial charge in [-0.2, -0.15) is 0 Å². The molecule has 0 amide bonds. The molecule has 0 aliphatic carbocycles. The van der Waals surface area contributed by atoms with E-state index in [0.717, 1.165) is 11.4 Å². The molecule has 6 nitrogen and oxygen atoms in total. The summed E-state index contributed by atoms with van der Waals surface area (Å²) in [5.74, 6) is 0. The predicted octanol–water partition coefficient (Wildman–Crippen LogP) is 25.3. The molecule has 0 saturated carbocycles. The molecule has 6 heterocycles. The maximum atomic E-state index is 2.46. The van der Waals surface area contributed by atoms with Crippen LogP contribution in [-0.4, -0.2) is 27.4 Å². The Hall–Kier alpha value is -13.7. The lowest BCUT2D eigenvalue weighted by atomic mass is 10.0. The molecular formula is C96H62N6. The van der Waals surface area contributed by atoms with E-state index in [1.165, 1.54) is 176 Å². The Kier molecular flexibility index (Phi) is 12.9. The molecule has 102 heavy (non-hydrogen) atoms. The third-order valence-corrected chi connectivity index (χ3v) is 21.2. The van der Waals surface area contributed by atoms with Gasteiger partial charge in [0.05, 0.1) is 71.9 Å². The van der Waals surface area contributed by atoms with Gasteiger partial charge in [-0.3, -0.25) is 0 Å². The molecule has 0 bridgehead atoms. The molecule has 0 aliphatic rings. The standard InChI is InChI=1S/2C48H31N3/c1-3-14-34(15-4-1)49-42-22-10-8-19-37(42)40-30-32(26-28-45(40)49)33-27-29-46-41(31-33)38-20-9-12-24-44(38)51(46)47-25-13-21-39-36-18-7-11-23-43(36)50(48(39)47)35-16-5-2-6-17-35;1-3-13-34(14-4-1)49-43-20-10-7-17-37(43)40-29-32(23-26-46(40)49)33-24-27-47-41(30-33)38-18-8-12-22-45(38)51(47)36-25-28-48-42(31-36)39-19-9-11-21-44(39)50(48)35-15-5-2-6-16-35/h2*1-31H. The molecule has 0 aliphatic heterocycles. The van der Waals surface area contributed by atoms with Gasteiger partial charge in [0.15, 0.2) is 0 Å². The number of aromatic nitrogens is 6. The van der Waals surface area contributed by atoms with Crippen LogP contribution in [0.5, 0.6) is 0 Å². The number of para-hydroxylation sites is 11. The largest absolute Gasteiger partial charge is 0.309 e. The van der Waals surface area contributed by atoms with Gasteiger partial charge in [-0.1, -0.05) is 218 Å². The average Bonchev–Trinajstić information content (AvgIpc) is 1.56. The fraction of sp³-hybridized carbons (Fsp3) is 0. The first-order valence-corrected chi connectivity index (χ1v) is 35.1. The molecule has 0 saturated heterocycles. The number of fused-ring (bicyclic) bond motifs is 18. The second-order valence-electron chi connectivity index (χ2n) is 26.8. The highest BCUT2D eigenvalue weighted by atomic mass is 15.1. The Bertz CT molecular complexity index is 7090. The Balaban J connectivity index is 0.000000133. The predicted molar refractivity (Wildman–Crippen MR) is 430 cm³/mol. The third kappa shape index (κ3) is 8.79. The molecule has 22 aromatic rings. The van der Waals surface area contributed by atoms with Gasteiger partial charge in [-0.05, 0) is 180 Å². The number of rotatable bonds is 8. The van der Waals surface area contributed by atoms with Crippen LogP contribution < -0.4 is 0 Å². The first-order valence-electron chi connectivity index (χ1n) is 35.1. The van der Waals surface area contributed by atoms with Crippen LogP contribution in [0.15, 0.2) is 376 Å². The fourth-order valence-corrected chi connectivity index (χ4v) is 16.8. The van der Waals surface area contributed by atoms with Gasteiger partial charge in [0.25, 0.3) is 0 Å². The second kappa shape index (κ2) is 23.0. The van der Waals surface area contributed by atoms with E-state index in [0.29, 0.717) is 0 Å². The van der Waals surface area contributed by atoms with Gasteiger partial charge in [0.2, 0.25) is 0 Å². The maximum absolute atomic E-state index is 2.46. The lowest BCUT2D eigenvalue weighted by molar-refractivity contribution is 1.13. The summed E-state index contributed by atoms with van der Waals surface area (Å²) in [4.78, 5) is 0. The molecule has 16 aromatic carbocycles. The quantitative estimate of drug-likeness (QED) is 0.145. The minimum atomic E-state index is 1.16. The highest BCUT2D eigenvalue weighted by Gasteiger charge is 2.23. The molecule has 6 heteroatoms. The summed E-state index contributed by atoms with van der Waals surface area (Å²) in [5, 5.41) is 15.0. The van der Waals surface area contributed by atoms with Gasteiger partial charge < -0.3 is 27.4 Å². The Morgan fingerprint density at radius 3 is 0.716 bits per heavy atom. The Morgan fingerprint density at radius 2 is 0.363 bits per heavy atom. The zero-order chi connectivity index (χ0) is 66.9. The average molecular weight is 1300 g/mol. The van der Waals surface area contributed by atoms with E-state index in [9.17, 15) is 0 Å². The van der Waals surface area contributed by atoms with E-state index in [1.54, 1.807) is 0 Å². The minimum absolute atomic E-state index is 1.16. The zero-order valence-electron chi connectivity index (χ0n) is 55.5. The highest BCUT2D eigenvalue weighted by Crippen LogP contribution is 2.44. The van der Waals surface area contributed by atoms with Crippen LogP contribution in [0, 0.1) is 0 Å². The summed E-state index contributed by atoms with van der Waals surface area (Å²) in [7, 11) is 0. The molecule has 0 unspecified atom stereocenters. The lowest BCUT2D eigenvalue weighted by Crippen LogP contribution is -2.00. The molecule has 0 spiro atoms.